The van der Waals surface area contributed by atoms with Gasteiger partial charge in [0.1, 0.15) is 19.3 Å². The van der Waals surface area contributed by atoms with Crippen LogP contribution >= 0.6 is 15.6 Å². The second kappa shape index (κ2) is 81.4. The molecule has 0 radical (unpaired) electrons. The minimum Gasteiger partial charge on any atom is -0.462 e. The molecule has 0 bridgehead atoms. The SMILES string of the molecule is CC/C=C\C/C=C\C/C=C\C/C=C\C/C=C\C/C=C\CCC(=O)OCC(COP(=O)(O)OCC(O)COP(=O)(O)OCC(COC(=O)CCCCCCCC/C=C\C/C=C\C/C=C\C/C=C\CC)OC(=O)CCCCCCCCCCCCCCC)OC(=O)CCCCCCCC/C=C\C/C=C\C/C=C\C/C=C\CC. The van der Waals surface area contributed by atoms with E-state index in [1.54, 1.807) is 0 Å². The van der Waals surface area contributed by atoms with E-state index in [4.69, 9.17) is 37.0 Å². The van der Waals surface area contributed by atoms with Crippen LogP contribution in [0.2, 0.25) is 0 Å². The number of carbonyl (C=O) groups is 4. The molecule has 5 unspecified atom stereocenters. The molecule has 626 valence electrons. The Labute approximate surface area is 667 Å². The van der Waals surface area contributed by atoms with Gasteiger partial charge in [0.25, 0.3) is 0 Å². The Kier molecular flexibility index (Phi) is 77.3. The average Bonchev–Trinajstić information content (AvgIpc) is 0.900. The number of esters is 4. The zero-order chi connectivity index (χ0) is 80.3. The monoisotopic (exact) mass is 1580 g/mol. The molecule has 5 atom stereocenters. The zero-order valence-electron chi connectivity index (χ0n) is 68.6. The maximum absolute atomic E-state index is 13.1. The van der Waals surface area contributed by atoms with E-state index in [0.29, 0.717) is 32.1 Å². The number of allylic oxidation sites excluding steroid dienone is 28. The number of aliphatic hydroxyl groups excluding tert-OH is 1. The average molecular weight is 1580 g/mol. The summed E-state index contributed by atoms with van der Waals surface area (Å²) in [5, 5.41) is 10.7. The summed E-state index contributed by atoms with van der Waals surface area (Å²) in [6, 6.07) is 0. The fourth-order valence-electron chi connectivity index (χ4n) is 10.9. The molecule has 0 aromatic rings. The van der Waals surface area contributed by atoms with Gasteiger partial charge in [0.05, 0.1) is 26.4 Å². The lowest BCUT2D eigenvalue weighted by Crippen LogP contribution is -2.30. The van der Waals surface area contributed by atoms with Gasteiger partial charge in [-0.05, 0) is 141 Å². The molecule has 0 spiro atoms. The van der Waals surface area contributed by atoms with Crippen LogP contribution in [0.25, 0.3) is 0 Å². The highest BCUT2D eigenvalue weighted by atomic mass is 31.2. The molecule has 0 aliphatic carbocycles. The van der Waals surface area contributed by atoms with Gasteiger partial charge in [0.15, 0.2) is 12.2 Å². The van der Waals surface area contributed by atoms with E-state index in [0.717, 1.165) is 186 Å². The number of hydrogen-bond acceptors (Lipinski definition) is 15. The molecular weight excluding hydrogens is 1430 g/mol. The largest absolute Gasteiger partial charge is 0.472 e. The molecule has 19 heteroatoms. The molecular formula is C91H150O17P2. The number of unbranched alkanes of at least 4 members (excludes halogenated alkanes) is 24. The Balaban J connectivity index is 5.46. The van der Waals surface area contributed by atoms with Crippen LogP contribution < -0.4 is 0 Å². The lowest BCUT2D eigenvalue weighted by molar-refractivity contribution is -0.161. The summed E-state index contributed by atoms with van der Waals surface area (Å²) in [7, 11) is -10.0. The summed E-state index contributed by atoms with van der Waals surface area (Å²) in [6.07, 6.45) is 97.6. The molecule has 0 fully saturated rings. The smallest absolute Gasteiger partial charge is 0.462 e. The standard InChI is InChI=1S/C91H150O17P2/c1-5-9-13-17-21-25-29-33-36-39-42-45-48-52-55-59-63-67-71-75-88(93)101-81-86(107-90(95)77-73-69-65-61-57-51-32-28-24-20-16-12-8-4)83-105-109(97,98)103-79-85(92)80-104-110(99,100)106-84-87(108-91(96)78-74-70-66-62-58-54-50-47-44-41-38-35-31-27-23-19-15-11-7-3)82-102-89(94)76-72-68-64-60-56-53-49-46-43-40-37-34-30-26-22-18-14-10-6-2/h9-11,13-15,21-23,25-27,33-38,42-47,53,56,64,68,85-87,92H,5-8,12,16-20,24,28-32,39-41,48-52,54-55,57-63,65-67,69-84H2,1-4H3,(H,97,98)(H,99,100)/b13-9-,14-10-,15-11-,25-21-,26-22-,27-23-,36-33-,37-34-,38-35-,45-42-,46-43-,47-44-,56-53-,68-64-. The maximum atomic E-state index is 13.1. The normalized spacial score (nSPS) is 14.6. The summed E-state index contributed by atoms with van der Waals surface area (Å²) >= 11 is 0. The Morgan fingerprint density at radius 2 is 0.491 bits per heavy atom. The first-order valence-electron chi connectivity index (χ1n) is 42.4. The van der Waals surface area contributed by atoms with Crippen LogP contribution in [0.3, 0.4) is 0 Å². The molecule has 0 heterocycles. The number of phosphoric ester groups is 2. The lowest BCUT2D eigenvalue weighted by atomic mass is 10.0. The summed E-state index contributed by atoms with van der Waals surface area (Å²) < 4.78 is 68.7. The fourth-order valence-corrected chi connectivity index (χ4v) is 12.5. The highest BCUT2D eigenvalue weighted by molar-refractivity contribution is 7.47. The quantitative estimate of drug-likeness (QED) is 0.0169. The van der Waals surface area contributed by atoms with Crippen molar-refractivity contribution in [2.24, 2.45) is 0 Å². The molecule has 3 N–H and O–H groups in total. The van der Waals surface area contributed by atoms with Crippen LogP contribution in [0.15, 0.2) is 170 Å². The summed E-state index contributed by atoms with van der Waals surface area (Å²) in [5.41, 5.74) is 0. The van der Waals surface area contributed by atoms with E-state index in [2.05, 4.69) is 180 Å². The number of aliphatic hydroxyl groups is 1. The Morgan fingerprint density at radius 3 is 0.782 bits per heavy atom. The van der Waals surface area contributed by atoms with E-state index in [9.17, 15) is 43.2 Å². The molecule has 0 amide bonds. The van der Waals surface area contributed by atoms with E-state index in [-0.39, 0.29) is 25.7 Å². The predicted molar refractivity (Wildman–Crippen MR) is 454 cm³/mol. The fraction of sp³-hybridized carbons (Fsp3) is 0.648. The van der Waals surface area contributed by atoms with Gasteiger partial charge in [-0.15, -0.1) is 0 Å². The number of phosphoric acid groups is 2. The molecule has 17 nitrogen and oxygen atoms in total. The molecule has 0 aromatic carbocycles. The number of carbonyl (C=O) groups excluding carboxylic acids is 4. The Bertz CT molecular complexity index is 2750. The van der Waals surface area contributed by atoms with Crippen LogP contribution in [0.4, 0.5) is 0 Å². The van der Waals surface area contributed by atoms with Gasteiger partial charge in [-0.1, -0.05) is 326 Å². The van der Waals surface area contributed by atoms with Crippen molar-refractivity contribution in [1.29, 1.82) is 0 Å². The molecule has 0 aliphatic rings. The van der Waals surface area contributed by atoms with Crippen LogP contribution in [0.1, 0.15) is 323 Å². The first kappa shape index (κ1) is 104. The second-order valence-corrected chi connectivity index (χ2v) is 30.5. The van der Waals surface area contributed by atoms with Crippen molar-refractivity contribution in [1.82, 2.24) is 0 Å². The van der Waals surface area contributed by atoms with Gasteiger partial charge in [-0.25, -0.2) is 9.13 Å². The molecule has 0 saturated carbocycles. The number of rotatable bonds is 78. The van der Waals surface area contributed by atoms with Gasteiger partial charge in [-0.3, -0.25) is 37.3 Å². The number of hydrogen-bond donors (Lipinski definition) is 3. The van der Waals surface area contributed by atoms with E-state index in [1.807, 2.05) is 18.2 Å². The first-order chi connectivity index (χ1) is 53.7. The maximum Gasteiger partial charge on any atom is 0.472 e. The number of ether oxygens (including phenoxy) is 4. The predicted octanol–water partition coefficient (Wildman–Crippen LogP) is 25.3. The topological polar surface area (TPSA) is 237 Å². The van der Waals surface area contributed by atoms with Crippen molar-refractivity contribution in [2.75, 3.05) is 39.6 Å². The Hall–Kier alpha value is -5.58. The third kappa shape index (κ3) is 80.5. The van der Waals surface area contributed by atoms with Crippen LogP contribution in [-0.2, 0) is 65.4 Å². The van der Waals surface area contributed by atoms with Crippen molar-refractivity contribution in [3.05, 3.63) is 170 Å². The van der Waals surface area contributed by atoms with Gasteiger partial charge >= 0.3 is 39.5 Å². The molecule has 110 heavy (non-hydrogen) atoms. The van der Waals surface area contributed by atoms with E-state index >= 15 is 0 Å². The third-order valence-corrected chi connectivity index (χ3v) is 19.1. The highest BCUT2D eigenvalue weighted by Gasteiger charge is 2.30. The Morgan fingerprint density at radius 1 is 0.264 bits per heavy atom. The lowest BCUT2D eigenvalue weighted by Gasteiger charge is -2.21. The van der Waals surface area contributed by atoms with Gasteiger partial charge < -0.3 is 33.8 Å². The third-order valence-electron chi connectivity index (χ3n) is 17.2. The highest BCUT2D eigenvalue weighted by Crippen LogP contribution is 2.45. The van der Waals surface area contributed by atoms with E-state index in [1.165, 1.54) is 51.4 Å². The van der Waals surface area contributed by atoms with Gasteiger partial charge in [0.2, 0.25) is 0 Å². The van der Waals surface area contributed by atoms with Crippen LogP contribution in [0, 0.1) is 0 Å². The molecule has 0 saturated heterocycles. The van der Waals surface area contributed by atoms with Crippen molar-refractivity contribution in [3.8, 4) is 0 Å². The zero-order valence-corrected chi connectivity index (χ0v) is 70.4. The van der Waals surface area contributed by atoms with Crippen molar-refractivity contribution >= 4 is 39.5 Å². The van der Waals surface area contributed by atoms with Gasteiger partial charge in [-0.2, -0.15) is 0 Å². The first-order valence-corrected chi connectivity index (χ1v) is 45.4. The van der Waals surface area contributed by atoms with Crippen LogP contribution in [0.5, 0.6) is 0 Å². The summed E-state index contributed by atoms with van der Waals surface area (Å²) in [4.78, 5) is 73.2. The summed E-state index contributed by atoms with van der Waals surface area (Å²) in [5.74, 6) is -2.30. The summed E-state index contributed by atoms with van der Waals surface area (Å²) in [6.45, 7) is 4.44. The second-order valence-electron chi connectivity index (χ2n) is 27.6. The van der Waals surface area contributed by atoms with Crippen LogP contribution in [-0.4, -0.2) is 96.7 Å². The van der Waals surface area contributed by atoms with Crippen molar-refractivity contribution in [2.45, 2.75) is 341 Å². The molecule has 0 aromatic heterocycles. The molecule has 0 rings (SSSR count). The van der Waals surface area contributed by atoms with Crippen molar-refractivity contribution in [3.63, 3.8) is 0 Å². The minimum absolute atomic E-state index is 0.0274. The minimum atomic E-state index is -5.01. The molecule has 0 aliphatic heterocycles. The van der Waals surface area contributed by atoms with Gasteiger partial charge in [0, 0.05) is 25.7 Å². The van der Waals surface area contributed by atoms with Crippen molar-refractivity contribution < 1.29 is 80.2 Å². The van der Waals surface area contributed by atoms with E-state index < -0.39 is 97.5 Å².